The number of thiazole rings is 1. The molecular formula is C28H27F6N3O4S. The van der Waals surface area contributed by atoms with Crippen molar-refractivity contribution >= 4 is 32.7 Å². The molecule has 7 nitrogen and oxygen atoms in total. The van der Waals surface area contributed by atoms with Crippen LogP contribution in [0.25, 0.3) is 10.2 Å². The Hall–Kier alpha value is -4.04. The van der Waals surface area contributed by atoms with Gasteiger partial charge in [-0.1, -0.05) is 29.5 Å². The van der Waals surface area contributed by atoms with E-state index in [-0.39, 0.29) is 5.75 Å². The van der Waals surface area contributed by atoms with Gasteiger partial charge in [-0.25, -0.2) is 9.78 Å². The smallest absolute Gasteiger partial charge is 0.490 e. The van der Waals surface area contributed by atoms with Crippen molar-refractivity contribution in [2.75, 3.05) is 32.6 Å². The molecule has 0 saturated carbocycles. The zero-order valence-corrected chi connectivity index (χ0v) is 23.2. The van der Waals surface area contributed by atoms with E-state index in [0.29, 0.717) is 18.9 Å². The lowest BCUT2D eigenvalue weighted by Gasteiger charge is -2.10. The Bertz CT molecular complexity index is 1460. The lowest BCUT2D eigenvalue weighted by atomic mass is 10.2. The van der Waals surface area contributed by atoms with Crippen LogP contribution in [0.4, 0.5) is 31.5 Å². The first-order valence-corrected chi connectivity index (χ1v) is 13.2. The number of anilines is 1. The Balaban J connectivity index is 0.000000616. The monoisotopic (exact) mass is 615 g/mol. The molecule has 4 aromatic rings. The molecule has 1 heterocycles. The zero-order valence-electron chi connectivity index (χ0n) is 22.4. The second kappa shape index (κ2) is 14.2. The fourth-order valence-electron chi connectivity index (χ4n) is 3.37. The molecule has 0 amide bonds. The van der Waals surface area contributed by atoms with Crippen LogP contribution in [0.15, 0.2) is 66.7 Å². The molecule has 0 bridgehead atoms. The topological polar surface area (TPSA) is 83.9 Å². The molecule has 0 aliphatic rings. The first-order valence-electron chi connectivity index (χ1n) is 12.4. The summed E-state index contributed by atoms with van der Waals surface area (Å²) in [5.74, 6) is -1.33. The van der Waals surface area contributed by atoms with Gasteiger partial charge in [-0.05, 0) is 68.5 Å². The van der Waals surface area contributed by atoms with E-state index < -0.39 is 23.9 Å². The molecule has 0 aliphatic heterocycles. The minimum Gasteiger partial charge on any atom is -0.494 e. The number of fused-ring (bicyclic) bond motifs is 1. The van der Waals surface area contributed by atoms with Crippen LogP contribution >= 0.6 is 11.3 Å². The summed E-state index contributed by atoms with van der Waals surface area (Å²) in [5, 5.41) is 11.2. The molecule has 0 spiro atoms. The second-order valence-corrected chi connectivity index (χ2v) is 10.1. The van der Waals surface area contributed by atoms with Crippen molar-refractivity contribution in [1.82, 2.24) is 9.88 Å². The summed E-state index contributed by atoms with van der Waals surface area (Å²) in [5.41, 5.74) is 1.14. The molecule has 0 aliphatic carbocycles. The molecular weight excluding hydrogens is 588 g/mol. The molecule has 226 valence electrons. The predicted octanol–water partition coefficient (Wildman–Crippen LogP) is 7.68. The van der Waals surface area contributed by atoms with Crippen molar-refractivity contribution in [2.24, 2.45) is 0 Å². The van der Waals surface area contributed by atoms with Crippen LogP contribution in [-0.4, -0.2) is 54.4 Å². The molecule has 0 saturated heterocycles. The van der Waals surface area contributed by atoms with Crippen molar-refractivity contribution in [3.05, 3.63) is 77.9 Å². The molecule has 1 aromatic heterocycles. The SMILES string of the molecule is CN(C)CCCOc1ccc(CNc2nc3ccc(Oc4cccc(C(F)(F)F)c4)cc3s2)cc1.O=C(O)C(F)(F)F. The lowest BCUT2D eigenvalue weighted by Crippen LogP contribution is -2.21. The molecule has 0 atom stereocenters. The van der Waals surface area contributed by atoms with Crippen LogP contribution in [0.2, 0.25) is 0 Å². The Morgan fingerprint density at radius 1 is 0.952 bits per heavy atom. The molecule has 0 radical (unpaired) electrons. The maximum atomic E-state index is 12.9. The van der Waals surface area contributed by atoms with E-state index in [1.165, 1.54) is 23.5 Å². The lowest BCUT2D eigenvalue weighted by molar-refractivity contribution is -0.192. The van der Waals surface area contributed by atoms with Gasteiger partial charge in [0.25, 0.3) is 0 Å². The highest BCUT2D eigenvalue weighted by Crippen LogP contribution is 2.34. The van der Waals surface area contributed by atoms with Crippen LogP contribution in [0.1, 0.15) is 17.5 Å². The fraction of sp³-hybridized carbons (Fsp3) is 0.286. The maximum Gasteiger partial charge on any atom is 0.490 e. The number of carbonyl (C=O) groups is 1. The number of rotatable bonds is 10. The van der Waals surface area contributed by atoms with Gasteiger partial charge in [0.15, 0.2) is 5.13 Å². The number of aliphatic carboxylic acids is 1. The van der Waals surface area contributed by atoms with E-state index in [9.17, 15) is 26.3 Å². The van der Waals surface area contributed by atoms with Crippen molar-refractivity contribution < 1.29 is 45.7 Å². The summed E-state index contributed by atoms with van der Waals surface area (Å²) in [4.78, 5) is 15.6. The van der Waals surface area contributed by atoms with Gasteiger partial charge >= 0.3 is 18.3 Å². The molecule has 3 aromatic carbocycles. The molecule has 42 heavy (non-hydrogen) atoms. The first kappa shape index (κ1) is 32.5. The highest BCUT2D eigenvalue weighted by atomic mass is 32.1. The average molecular weight is 616 g/mol. The number of nitrogens with one attached hydrogen (secondary N) is 1. The van der Waals surface area contributed by atoms with Gasteiger partial charge in [0, 0.05) is 19.2 Å². The fourth-order valence-corrected chi connectivity index (χ4v) is 4.26. The summed E-state index contributed by atoms with van der Waals surface area (Å²) in [6, 6.07) is 18.1. The van der Waals surface area contributed by atoms with E-state index >= 15 is 0 Å². The van der Waals surface area contributed by atoms with E-state index in [1.807, 2.05) is 38.4 Å². The number of ether oxygens (including phenoxy) is 2. The Morgan fingerprint density at radius 2 is 1.60 bits per heavy atom. The Kier molecular flexibility index (Phi) is 11.0. The van der Waals surface area contributed by atoms with Crippen molar-refractivity contribution in [3.63, 3.8) is 0 Å². The minimum absolute atomic E-state index is 0.132. The highest BCUT2D eigenvalue weighted by molar-refractivity contribution is 7.22. The third-order valence-corrected chi connectivity index (χ3v) is 6.36. The molecule has 0 unspecified atom stereocenters. The number of nitrogens with zero attached hydrogens (tertiary/aromatic N) is 2. The van der Waals surface area contributed by atoms with E-state index in [2.05, 4.69) is 15.2 Å². The Morgan fingerprint density at radius 3 is 2.21 bits per heavy atom. The third-order valence-electron chi connectivity index (χ3n) is 5.38. The zero-order chi connectivity index (χ0) is 30.9. The number of carboxylic acids is 1. The van der Waals surface area contributed by atoms with Gasteiger partial charge in [-0.2, -0.15) is 26.3 Å². The van der Waals surface area contributed by atoms with Gasteiger partial charge in [0.1, 0.15) is 17.2 Å². The van der Waals surface area contributed by atoms with E-state index in [1.54, 1.807) is 18.2 Å². The second-order valence-electron chi connectivity index (χ2n) is 9.08. The number of aromatic nitrogens is 1. The van der Waals surface area contributed by atoms with Crippen molar-refractivity contribution in [3.8, 4) is 17.2 Å². The number of hydrogen-bond acceptors (Lipinski definition) is 7. The molecule has 14 heteroatoms. The largest absolute Gasteiger partial charge is 0.494 e. The summed E-state index contributed by atoms with van der Waals surface area (Å²) in [6.07, 6.45) is -8.53. The number of benzene rings is 3. The number of alkyl halides is 6. The number of hydrogen-bond donors (Lipinski definition) is 2. The standard InChI is InChI=1S/C26H26F3N3O2S.C2HF3O2/c1-32(2)13-4-14-33-20-9-7-18(8-10-20)17-30-25-31-23-12-11-22(16-24(23)35-25)34-21-6-3-5-19(15-21)26(27,28)29;3-2(4,5)1(6)7/h3,5-12,15-16H,4,13-14,17H2,1-2H3,(H,30,31);(H,6,7). The summed E-state index contributed by atoms with van der Waals surface area (Å²) in [7, 11) is 4.08. The van der Waals surface area contributed by atoms with Crippen LogP contribution in [0.3, 0.4) is 0 Å². The predicted molar refractivity (Wildman–Crippen MR) is 147 cm³/mol. The van der Waals surface area contributed by atoms with Gasteiger partial charge in [0.2, 0.25) is 0 Å². The molecule has 2 N–H and O–H groups in total. The normalized spacial score (nSPS) is 11.6. The molecule has 4 rings (SSSR count). The van der Waals surface area contributed by atoms with Crippen LogP contribution in [-0.2, 0) is 17.5 Å². The van der Waals surface area contributed by atoms with E-state index in [0.717, 1.165) is 51.8 Å². The Labute approximate surface area is 241 Å². The quantitative estimate of drug-likeness (QED) is 0.140. The van der Waals surface area contributed by atoms with Crippen LogP contribution < -0.4 is 14.8 Å². The van der Waals surface area contributed by atoms with Gasteiger partial charge in [-0.3, -0.25) is 0 Å². The minimum atomic E-state index is -5.08. The van der Waals surface area contributed by atoms with E-state index in [4.69, 9.17) is 19.4 Å². The number of halogens is 6. The highest BCUT2D eigenvalue weighted by Gasteiger charge is 2.38. The van der Waals surface area contributed by atoms with Gasteiger partial charge in [0.05, 0.1) is 22.4 Å². The summed E-state index contributed by atoms with van der Waals surface area (Å²) in [6.45, 7) is 2.28. The van der Waals surface area contributed by atoms with Crippen molar-refractivity contribution in [2.45, 2.75) is 25.3 Å². The van der Waals surface area contributed by atoms with Gasteiger partial charge < -0.3 is 24.8 Å². The maximum absolute atomic E-state index is 12.9. The third kappa shape index (κ3) is 10.4. The van der Waals surface area contributed by atoms with Crippen molar-refractivity contribution in [1.29, 1.82) is 0 Å². The van der Waals surface area contributed by atoms with Crippen LogP contribution in [0, 0.1) is 0 Å². The summed E-state index contributed by atoms with van der Waals surface area (Å²) >= 11 is 1.46. The average Bonchev–Trinajstić information content (AvgIpc) is 3.32. The van der Waals surface area contributed by atoms with Crippen LogP contribution in [0.5, 0.6) is 17.2 Å². The molecule has 0 fully saturated rings. The number of carboxylic acid groups (broad SMARTS) is 1. The first-order chi connectivity index (χ1) is 19.7. The summed E-state index contributed by atoms with van der Waals surface area (Å²) < 4.78 is 82.9. The van der Waals surface area contributed by atoms with Gasteiger partial charge in [-0.15, -0.1) is 0 Å².